The smallest absolute Gasteiger partial charge is 0.242 e. The van der Waals surface area contributed by atoms with E-state index >= 15 is 0 Å². The molecule has 2 amide bonds. The van der Waals surface area contributed by atoms with Crippen LogP contribution in [0.3, 0.4) is 0 Å². The van der Waals surface area contributed by atoms with Crippen LogP contribution in [0.25, 0.3) is 0 Å². The molecule has 1 aromatic heterocycles. The number of hydrogen-bond acceptors (Lipinski definition) is 3. The maximum atomic E-state index is 13.2. The van der Waals surface area contributed by atoms with E-state index in [2.05, 4.69) is 6.58 Å². The third-order valence-electron chi connectivity index (χ3n) is 4.86. The highest BCUT2D eigenvalue weighted by Gasteiger charge is 2.34. The van der Waals surface area contributed by atoms with E-state index in [0.717, 1.165) is 28.8 Å². The van der Waals surface area contributed by atoms with E-state index in [1.165, 1.54) is 12.1 Å². The Balaban J connectivity index is 1.76. The summed E-state index contributed by atoms with van der Waals surface area (Å²) in [5.41, 5.74) is 1.99. The van der Waals surface area contributed by atoms with Gasteiger partial charge in [-0.1, -0.05) is 18.2 Å². The summed E-state index contributed by atoms with van der Waals surface area (Å²) in [7, 11) is 0. The van der Waals surface area contributed by atoms with Gasteiger partial charge in [-0.25, -0.2) is 4.39 Å². The van der Waals surface area contributed by atoms with E-state index in [0.29, 0.717) is 19.6 Å². The second-order valence-electron chi connectivity index (χ2n) is 7.18. The molecule has 2 aromatic rings. The van der Waals surface area contributed by atoms with Crippen molar-refractivity contribution < 1.29 is 14.0 Å². The maximum absolute atomic E-state index is 13.2. The van der Waals surface area contributed by atoms with Crippen molar-refractivity contribution in [3.8, 4) is 0 Å². The molecule has 0 bridgehead atoms. The second kappa shape index (κ2) is 9.15. The van der Waals surface area contributed by atoms with Crippen LogP contribution in [-0.4, -0.2) is 34.7 Å². The first-order valence-corrected chi connectivity index (χ1v) is 10.3. The lowest BCUT2D eigenvalue weighted by Gasteiger charge is -2.27. The van der Waals surface area contributed by atoms with Crippen LogP contribution >= 0.6 is 11.3 Å². The first-order valence-electron chi connectivity index (χ1n) is 9.42. The molecule has 1 fully saturated rings. The van der Waals surface area contributed by atoms with Crippen molar-refractivity contribution in [3.05, 3.63) is 70.2 Å². The van der Waals surface area contributed by atoms with E-state index < -0.39 is 0 Å². The van der Waals surface area contributed by atoms with Crippen LogP contribution in [0, 0.1) is 18.7 Å². The molecule has 0 radical (unpaired) electrons. The van der Waals surface area contributed by atoms with E-state index in [9.17, 15) is 14.0 Å². The number of benzene rings is 1. The molecule has 0 N–H and O–H groups in total. The fourth-order valence-corrected chi connectivity index (χ4v) is 3.94. The normalized spacial score (nSPS) is 13.2. The lowest BCUT2D eigenvalue weighted by atomic mass is 10.2. The van der Waals surface area contributed by atoms with Crippen LogP contribution in [0.1, 0.15) is 28.8 Å². The van der Waals surface area contributed by atoms with Gasteiger partial charge in [-0.3, -0.25) is 9.59 Å². The largest absolute Gasteiger partial charge is 0.332 e. The van der Waals surface area contributed by atoms with Crippen molar-refractivity contribution in [2.75, 3.05) is 13.1 Å². The number of thiophene rings is 1. The second-order valence-corrected chi connectivity index (χ2v) is 8.19. The molecule has 4 nitrogen and oxygen atoms in total. The van der Waals surface area contributed by atoms with Crippen LogP contribution < -0.4 is 0 Å². The van der Waals surface area contributed by atoms with Gasteiger partial charge in [0.1, 0.15) is 12.4 Å². The number of aryl methyl sites for hydroxylation is 1. The Morgan fingerprint density at radius 3 is 2.46 bits per heavy atom. The van der Waals surface area contributed by atoms with E-state index in [4.69, 9.17) is 0 Å². The summed E-state index contributed by atoms with van der Waals surface area (Å²) in [6.07, 6.45) is 3.45. The molecule has 1 aliphatic carbocycles. The van der Waals surface area contributed by atoms with Crippen LogP contribution in [0.2, 0.25) is 0 Å². The molecule has 148 valence electrons. The first kappa shape index (κ1) is 20.3. The van der Waals surface area contributed by atoms with Gasteiger partial charge in [0.15, 0.2) is 0 Å². The molecule has 1 heterocycles. The monoisotopic (exact) mass is 400 g/mol. The summed E-state index contributed by atoms with van der Waals surface area (Å²) in [5.74, 6) is -0.337. The van der Waals surface area contributed by atoms with Crippen molar-refractivity contribution in [1.29, 1.82) is 0 Å². The predicted octanol–water partition coefficient (Wildman–Crippen LogP) is 4.15. The van der Waals surface area contributed by atoms with Gasteiger partial charge in [0, 0.05) is 23.9 Å². The molecule has 0 aliphatic heterocycles. The van der Waals surface area contributed by atoms with Gasteiger partial charge in [-0.2, -0.15) is 0 Å². The Kier molecular flexibility index (Phi) is 6.62. The third kappa shape index (κ3) is 5.29. The number of rotatable bonds is 9. The lowest BCUT2D eigenvalue weighted by Crippen LogP contribution is -2.43. The SMILES string of the molecule is C=CCN(CC(=O)N(Cc1ccc(F)cc1)Cc1sccc1C)C(=O)C1CC1. The quantitative estimate of drug-likeness (QED) is 0.594. The lowest BCUT2D eigenvalue weighted by molar-refractivity contribution is -0.141. The molecule has 1 aliphatic rings. The topological polar surface area (TPSA) is 40.6 Å². The molecule has 3 rings (SSSR count). The van der Waals surface area contributed by atoms with Crippen molar-refractivity contribution >= 4 is 23.2 Å². The molecule has 0 atom stereocenters. The minimum Gasteiger partial charge on any atom is -0.332 e. The van der Waals surface area contributed by atoms with Crippen molar-refractivity contribution in [3.63, 3.8) is 0 Å². The number of halogens is 1. The molecule has 1 saturated carbocycles. The van der Waals surface area contributed by atoms with Gasteiger partial charge in [-0.05, 0) is 54.5 Å². The van der Waals surface area contributed by atoms with Crippen molar-refractivity contribution in [2.45, 2.75) is 32.9 Å². The summed E-state index contributed by atoms with van der Waals surface area (Å²) in [5, 5.41) is 2.01. The van der Waals surface area contributed by atoms with Gasteiger partial charge in [0.2, 0.25) is 11.8 Å². The number of amides is 2. The Hall–Kier alpha value is -2.47. The summed E-state index contributed by atoms with van der Waals surface area (Å²) < 4.78 is 13.2. The van der Waals surface area contributed by atoms with E-state index in [1.807, 2.05) is 18.4 Å². The zero-order valence-corrected chi connectivity index (χ0v) is 16.9. The molecule has 0 saturated heterocycles. The Labute approximate surface area is 169 Å². The zero-order chi connectivity index (χ0) is 20.1. The van der Waals surface area contributed by atoms with Crippen LogP contribution in [0.5, 0.6) is 0 Å². The minimum absolute atomic E-state index is 0.0299. The average molecular weight is 401 g/mol. The Morgan fingerprint density at radius 2 is 1.89 bits per heavy atom. The Bertz CT molecular complexity index is 842. The maximum Gasteiger partial charge on any atom is 0.242 e. The van der Waals surface area contributed by atoms with E-state index in [1.54, 1.807) is 39.3 Å². The van der Waals surface area contributed by atoms with Gasteiger partial charge >= 0.3 is 0 Å². The Morgan fingerprint density at radius 1 is 1.18 bits per heavy atom. The fraction of sp³-hybridized carbons (Fsp3) is 0.364. The standard InChI is InChI=1S/C22H25FN2O2S/c1-3-11-24(22(27)18-6-7-18)15-21(26)25(14-20-16(2)10-12-28-20)13-17-4-8-19(23)9-5-17/h3-5,8-10,12,18H,1,6-7,11,13-15H2,2H3. The third-order valence-corrected chi connectivity index (χ3v) is 5.86. The van der Waals surface area contributed by atoms with Crippen LogP contribution in [-0.2, 0) is 22.7 Å². The molecule has 1 aromatic carbocycles. The number of hydrogen-bond donors (Lipinski definition) is 0. The predicted molar refractivity (Wildman–Crippen MR) is 109 cm³/mol. The van der Waals surface area contributed by atoms with Crippen LogP contribution in [0.15, 0.2) is 48.4 Å². The summed E-state index contributed by atoms with van der Waals surface area (Å²) >= 11 is 1.61. The summed E-state index contributed by atoms with van der Waals surface area (Å²) in [6.45, 7) is 6.97. The molecular weight excluding hydrogens is 375 g/mol. The van der Waals surface area contributed by atoms with Crippen molar-refractivity contribution in [2.24, 2.45) is 5.92 Å². The van der Waals surface area contributed by atoms with Crippen molar-refractivity contribution in [1.82, 2.24) is 9.80 Å². The van der Waals surface area contributed by atoms with E-state index in [-0.39, 0.29) is 30.1 Å². The number of carbonyl (C=O) groups excluding carboxylic acids is 2. The van der Waals surface area contributed by atoms with Gasteiger partial charge < -0.3 is 9.80 Å². The molecule has 28 heavy (non-hydrogen) atoms. The average Bonchev–Trinajstić information content (AvgIpc) is 3.45. The van der Waals surface area contributed by atoms with Gasteiger partial charge in [0.05, 0.1) is 6.54 Å². The molecule has 0 unspecified atom stereocenters. The van der Waals surface area contributed by atoms with Gasteiger partial charge in [0.25, 0.3) is 0 Å². The molecular formula is C22H25FN2O2S. The fourth-order valence-electron chi connectivity index (χ4n) is 3.02. The molecule has 6 heteroatoms. The highest BCUT2D eigenvalue weighted by Crippen LogP contribution is 2.31. The number of carbonyl (C=O) groups is 2. The minimum atomic E-state index is -0.303. The van der Waals surface area contributed by atoms with Crippen LogP contribution in [0.4, 0.5) is 4.39 Å². The number of nitrogens with zero attached hydrogens (tertiary/aromatic N) is 2. The first-order chi connectivity index (χ1) is 13.5. The molecule has 0 spiro atoms. The summed E-state index contributed by atoms with van der Waals surface area (Å²) in [4.78, 5) is 30.0. The highest BCUT2D eigenvalue weighted by atomic mass is 32.1. The van der Waals surface area contributed by atoms with Gasteiger partial charge in [-0.15, -0.1) is 17.9 Å². The summed E-state index contributed by atoms with van der Waals surface area (Å²) in [6, 6.07) is 8.20. The zero-order valence-electron chi connectivity index (χ0n) is 16.1. The highest BCUT2D eigenvalue weighted by molar-refractivity contribution is 7.10.